The van der Waals surface area contributed by atoms with E-state index in [9.17, 15) is 10.2 Å². The lowest BCUT2D eigenvalue weighted by Gasteiger charge is -2.39. The summed E-state index contributed by atoms with van der Waals surface area (Å²) in [5.74, 6) is 0. The minimum Gasteiger partial charge on any atom is -0.389 e. The lowest BCUT2D eigenvalue weighted by Crippen LogP contribution is -2.56. The zero-order chi connectivity index (χ0) is 18.3. The Hall–Kier alpha value is -0.160. The fourth-order valence-electron chi connectivity index (χ4n) is 3.62. The van der Waals surface area contributed by atoms with Crippen LogP contribution in [0.2, 0.25) is 0 Å². The van der Waals surface area contributed by atoms with Crippen molar-refractivity contribution >= 4 is 0 Å². The molecule has 1 saturated heterocycles. The number of piperidine rings is 1. The van der Waals surface area contributed by atoms with E-state index < -0.39 is 12.2 Å². The van der Waals surface area contributed by atoms with E-state index in [-0.39, 0.29) is 6.10 Å². The molecule has 4 heteroatoms. The van der Waals surface area contributed by atoms with Crippen LogP contribution < -0.4 is 0 Å². The Morgan fingerprint density at radius 2 is 1.32 bits per heavy atom. The van der Waals surface area contributed by atoms with Gasteiger partial charge in [0.15, 0.2) is 0 Å². The number of unbranched alkanes of at least 4 members (excludes halogenated alkanes) is 10. The molecule has 0 bridgehead atoms. The van der Waals surface area contributed by atoms with Crippen molar-refractivity contribution in [2.24, 2.45) is 0 Å². The molecule has 0 aliphatic carbocycles. The molecule has 1 heterocycles. The zero-order valence-electron chi connectivity index (χ0n) is 16.8. The quantitative estimate of drug-likeness (QED) is 0.433. The number of β-amino-alcohol motifs (C(OH)–C–C–N with tert-alkyl or cyclic N) is 1. The second-order valence-electron chi connectivity index (χ2n) is 7.76. The number of rotatable bonds is 15. The predicted molar refractivity (Wildman–Crippen MR) is 105 cm³/mol. The van der Waals surface area contributed by atoms with Crippen LogP contribution in [0.4, 0.5) is 0 Å². The van der Waals surface area contributed by atoms with E-state index >= 15 is 0 Å². The van der Waals surface area contributed by atoms with Crippen molar-refractivity contribution in [2.45, 2.75) is 109 Å². The Balaban J connectivity index is 2.15. The van der Waals surface area contributed by atoms with E-state index in [0.29, 0.717) is 13.2 Å². The van der Waals surface area contributed by atoms with Gasteiger partial charge in [-0.1, -0.05) is 78.1 Å². The molecular weight excluding hydrogens is 314 g/mol. The molecule has 0 aromatic rings. The highest BCUT2D eigenvalue weighted by Gasteiger charge is 2.34. The van der Waals surface area contributed by atoms with Crippen molar-refractivity contribution < 1.29 is 14.9 Å². The molecule has 150 valence electrons. The maximum Gasteiger partial charge on any atom is 0.108 e. The smallest absolute Gasteiger partial charge is 0.108 e. The van der Waals surface area contributed by atoms with Gasteiger partial charge in [0.25, 0.3) is 0 Å². The topological polar surface area (TPSA) is 52.9 Å². The predicted octanol–water partition coefficient (Wildman–Crippen LogP) is 4.13. The van der Waals surface area contributed by atoms with E-state index in [4.69, 9.17) is 4.74 Å². The van der Waals surface area contributed by atoms with Gasteiger partial charge in [-0.2, -0.15) is 0 Å². The normalized spacial score (nSPS) is 24.7. The molecule has 2 N–H and O–H groups in total. The summed E-state index contributed by atoms with van der Waals surface area (Å²) in [6.07, 6.45) is 13.5. The highest BCUT2D eigenvalue weighted by Crippen LogP contribution is 2.17. The number of aliphatic hydroxyl groups excluding tert-OH is 2. The van der Waals surface area contributed by atoms with Gasteiger partial charge in [0.05, 0.1) is 12.2 Å². The molecule has 4 nitrogen and oxygen atoms in total. The second kappa shape index (κ2) is 15.0. The number of aliphatic hydroxyl groups is 2. The molecule has 1 aliphatic heterocycles. The number of nitrogens with zero attached hydrogens (tertiary/aromatic N) is 1. The van der Waals surface area contributed by atoms with Crippen molar-refractivity contribution in [1.82, 2.24) is 4.90 Å². The first-order chi connectivity index (χ1) is 12.2. The Morgan fingerprint density at radius 3 is 1.96 bits per heavy atom. The average Bonchev–Trinajstić information content (AvgIpc) is 2.61. The van der Waals surface area contributed by atoms with E-state index in [2.05, 4.69) is 18.7 Å². The molecule has 0 spiro atoms. The van der Waals surface area contributed by atoms with Crippen LogP contribution in [0.25, 0.3) is 0 Å². The van der Waals surface area contributed by atoms with E-state index in [1.807, 2.05) is 0 Å². The van der Waals surface area contributed by atoms with Crippen LogP contribution in [-0.4, -0.2) is 59.7 Å². The SMILES string of the molecule is CCCCCCCCOC1CN(CCCCCCCC)C[C@@H](O)[C@@H]1O. The fourth-order valence-corrected chi connectivity index (χ4v) is 3.62. The molecule has 0 saturated carbocycles. The van der Waals surface area contributed by atoms with Crippen molar-refractivity contribution in [3.05, 3.63) is 0 Å². The lowest BCUT2D eigenvalue weighted by atomic mass is 10.0. The highest BCUT2D eigenvalue weighted by molar-refractivity contribution is 4.87. The summed E-state index contributed by atoms with van der Waals surface area (Å²) in [6.45, 7) is 7.51. The molecular formula is C21H43NO3. The van der Waals surface area contributed by atoms with E-state index in [1.54, 1.807) is 0 Å². The molecule has 1 fully saturated rings. The van der Waals surface area contributed by atoms with Gasteiger partial charge in [0, 0.05) is 19.7 Å². The van der Waals surface area contributed by atoms with Gasteiger partial charge in [-0.25, -0.2) is 0 Å². The average molecular weight is 358 g/mol. The minimum atomic E-state index is -0.735. The van der Waals surface area contributed by atoms with Crippen LogP contribution >= 0.6 is 0 Å². The Morgan fingerprint density at radius 1 is 0.760 bits per heavy atom. The van der Waals surface area contributed by atoms with Crippen molar-refractivity contribution in [3.63, 3.8) is 0 Å². The fraction of sp³-hybridized carbons (Fsp3) is 1.00. The van der Waals surface area contributed by atoms with Crippen LogP contribution in [0.5, 0.6) is 0 Å². The van der Waals surface area contributed by atoms with Gasteiger partial charge in [0.1, 0.15) is 6.10 Å². The number of likely N-dealkylation sites (tertiary alicyclic amines) is 1. The van der Waals surface area contributed by atoms with Gasteiger partial charge in [-0.05, 0) is 19.4 Å². The summed E-state index contributed by atoms with van der Waals surface area (Å²) in [5, 5.41) is 20.3. The maximum absolute atomic E-state index is 10.2. The molecule has 1 rings (SSSR count). The van der Waals surface area contributed by atoms with Gasteiger partial charge < -0.3 is 14.9 Å². The number of ether oxygens (including phenoxy) is 1. The molecule has 0 aromatic carbocycles. The van der Waals surface area contributed by atoms with E-state index in [0.717, 1.165) is 19.5 Å². The number of hydrogen-bond acceptors (Lipinski definition) is 4. The second-order valence-corrected chi connectivity index (χ2v) is 7.76. The van der Waals surface area contributed by atoms with Gasteiger partial charge in [0.2, 0.25) is 0 Å². The van der Waals surface area contributed by atoms with Gasteiger partial charge in [-0.3, -0.25) is 4.90 Å². The highest BCUT2D eigenvalue weighted by atomic mass is 16.5. The first-order valence-corrected chi connectivity index (χ1v) is 10.9. The summed E-state index contributed by atoms with van der Waals surface area (Å²) < 4.78 is 5.91. The third-order valence-corrected chi connectivity index (χ3v) is 5.32. The summed E-state index contributed by atoms with van der Waals surface area (Å²) in [4.78, 5) is 2.27. The minimum absolute atomic E-state index is 0.237. The van der Waals surface area contributed by atoms with Crippen LogP contribution in [0.1, 0.15) is 90.9 Å². The van der Waals surface area contributed by atoms with Crippen molar-refractivity contribution in [3.8, 4) is 0 Å². The molecule has 1 unspecified atom stereocenters. The largest absolute Gasteiger partial charge is 0.389 e. The van der Waals surface area contributed by atoms with Gasteiger partial charge >= 0.3 is 0 Å². The van der Waals surface area contributed by atoms with Gasteiger partial charge in [-0.15, -0.1) is 0 Å². The monoisotopic (exact) mass is 357 g/mol. The zero-order valence-corrected chi connectivity index (χ0v) is 16.8. The third-order valence-electron chi connectivity index (χ3n) is 5.32. The van der Waals surface area contributed by atoms with Crippen LogP contribution in [-0.2, 0) is 4.74 Å². The molecule has 0 radical (unpaired) electrons. The standard InChI is InChI=1S/C21H43NO3/c1-3-5-7-9-11-13-15-22-17-19(23)21(24)20(18-22)25-16-14-12-10-8-6-4-2/h19-21,23-24H,3-18H2,1-2H3/t19-,20?,21+/m1/s1. The lowest BCUT2D eigenvalue weighted by molar-refractivity contribution is -0.134. The van der Waals surface area contributed by atoms with Crippen LogP contribution in [0.3, 0.4) is 0 Å². The Labute approximate surface area is 155 Å². The van der Waals surface area contributed by atoms with Crippen LogP contribution in [0.15, 0.2) is 0 Å². The van der Waals surface area contributed by atoms with Crippen LogP contribution in [0, 0.1) is 0 Å². The summed E-state index contributed by atoms with van der Waals surface area (Å²) in [7, 11) is 0. The third kappa shape index (κ3) is 10.5. The first-order valence-electron chi connectivity index (χ1n) is 10.9. The van der Waals surface area contributed by atoms with Crippen molar-refractivity contribution in [2.75, 3.05) is 26.2 Å². The summed E-state index contributed by atoms with van der Waals surface area (Å²) in [5.41, 5.74) is 0. The molecule has 1 aliphatic rings. The maximum atomic E-state index is 10.2. The molecule has 0 amide bonds. The van der Waals surface area contributed by atoms with E-state index in [1.165, 1.54) is 70.6 Å². The molecule has 25 heavy (non-hydrogen) atoms. The first kappa shape index (κ1) is 22.9. The summed E-state index contributed by atoms with van der Waals surface area (Å²) >= 11 is 0. The summed E-state index contributed by atoms with van der Waals surface area (Å²) in [6, 6.07) is 0. The molecule has 0 aromatic heterocycles. The number of hydrogen-bond donors (Lipinski definition) is 2. The Kier molecular flexibility index (Phi) is 13.7. The van der Waals surface area contributed by atoms with Crippen molar-refractivity contribution in [1.29, 1.82) is 0 Å². The molecule has 3 atom stereocenters. The Bertz CT molecular complexity index is 301.